The Balaban J connectivity index is 2.68. The molecule has 3 atom stereocenters. The van der Waals surface area contributed by atoms with Gasteiger partial charge in [-0.2, -0.15) is 0 Å². The van der Waals surface area contributed by atoms with Gasteiger partial charge in [0.1, 0.15) is 0 Å². The first-order valence-electron chi connectivity index (χ1n) is 7.75. The quantitative estimate of drug-likeness (QED) is 0.769. The van der Waals surface area contributed by atoms with E-state index in [1.807, 2.05) is 0 Å². The van der Waals surface area contributed by atoms with Crippen LogP contribution in [0.2, 0.25) is 0 Å². The number of rotatable bonds is 6. The molecule has 2 N–H and O–H groups in total. The normalized spacial score (nSPS) is 26.5. The Morgan fingerprint density at radius 1 is 1.18 bits per heavy atom. The van der Waals surface area contributed by atoms with Gasteiger partial charge < -0.3 is 5.73 Å². The molecule has 0 saturated carbocycles. The van der Waals surface area contributed by atoms with Crippen LogP contribution in [0, 0.1) is 0 Å². The van der Waals surface area contributed by atoms with Crippen molar-refractivity contribution in [3.8, 4) is 0 Å². The Bertz CT molecular complexity index is 193. The SMILES string of the molecule is CCCC(N)C(CC)N1CCCCCC1CC. The fourth-order valence-electron chi connectivity index (χ4n) is 3.38. The molecule has 0 aromatic carbocycles. The van der Waals surface area contributed by atoms with Gasteiger partial charge in [0.15, 0.2) is 0 Å². The second-order valence-corrected chi connectivity index (χ2v) is 5.58. The molecule has 0 radical (unpaired) electrons. The summed E-state index contributed by atoms with van der Waals surface area (Å²) in [6.07, 6.45) is 10.4. The van der Waals surface area contributed by atoms with Gasteiger partial charge in [-0.1, -0.05) is 40.0 Å². The highest BCUT2D eigenvalue weighted by Crippen LogP contribution is 2.24. The molecule has 0 aromatic heterocycles. The smallest absolute Gasteiger partial charge is 0.0247 e. The van der Waals surface area contributed by atoms with Crippen molar-refractivity contribution in [2.24, 2.45) is 5.73 Å². The lowest BCUT2D eigenvalue weighted by atomic mass is 9.97. The van der Waals surface area contributed by atoms with Crippen molar-refractivity contribution in [3.05, 3.63) is 0 Å². The molecule has 17 heavy (non-hydrogen) atoms. The first kappa shape index (κ1) is 15.0. The summed E-state index contributed by atoms with van der Waals surface area (Å²) in [5.74, 6) is 0. The van der Waals surface area contributed by atoms with Gasteiger partial charge in [-0.15, -0.1) is 0 Å². The second-order valence-electron chi connectivity index (χ2n) is 5.58. The van der Waals surface area contributed by atoms with Crippen molar-refractivity contribution < 1.29 is 0 Å². The second kappa shape index (κ2) is 8.10. The van der Waals surface area contributed by atoms with E-state index in [1.54, 1.807) is 0 Å². The summed E-state index contributed by atoms with van der Waals surface area (Å²) >= 11 is 0. The Kier molecular flexibility index (Phi) is 7.14. The number of nitrogens with two attached hydrogens (primary N) is 1. The molecule has 1 aliphatic heterocycles. The summed E-state index contributed by atoms with van der Waals surface area (Å²) in [6, 6.07) is 1.76. The van der Waals surface area contributed by atoms with Crippen LogP contribution in [-0.4, -0.2) is 29.6 Å². The zero-order valence-corrected chi connectivity index (χ0v) is 12.1. The fourth-order valence-corrected chi connectivity index (χ4v) is 3.38. The Hall–Kier alpha value is -0.0800. The van der Waals surface area contributed by atoms with Crippen LogP contribution in [0.4, 0.5) is 0 Å². The maximum atomic E-state index is 6.40. The minimum absolute atomic E-state index is 0.372. The number of hydrogen-bond donors (Lipinski definition) is 1. The molecule has 0 aliphatic carbocycles. The third kappa shape index (κ3) is 4.26. The maximum Gasteiger partial charge on any atom is 0.0247 e. The van der Waals surface area contributed by atoms with Crippen LogP contribution in [-0.2, 0) is 0 Å². The Morgan fingerprint density at radius 2 is 1.94 bits per heavy atom. The van der Waals surface area contributed by atoms with Crippen LogP contribution in [0.15, 0.2) is 0 Å². The average Bonchev–Trinajstić information content (AvgIpc) is 2.56. The number of likely N-dealkylation sites (tertiary alicyclic amines) is 1. The van der Waals surface area contributed by atoms with Crippen molar-refractivity contribution in [3.63, 3.8) is 0 Å². The summed E-state index contributed by atoms with van der Waals surface area (Å²) in [7, 11) is 0. The van der Waals surface area contributed by atoms with E-state index in [4.69, 9.17) is 5.73 Å². The van der Waals surface area contributed by atoms with Gasteiger partial charge in [0.25, 0.3) is 0 Å². The van der Waals surface area contributed by atoms with Gasteiger partial charge in [-0.05, 0) is 38.6 Å². The molecule has 1 rings (SSSR count). The number of hydrogen-bond acceptors (Lipinski definition) is 2. The lowest BCUT2D eigenvalue weighted by Gasteiger charge is -2.39. The van der Waals surface area contributed by atoms with Gasteiger partial charge in [0.2, 0.25) is 0 Å². The molecule has 102 valence electrons. The van der Waals surface area contributed by atoms with Crippen molar-refractivity contribution in [2.75, 3.05) is 6.54 Å². The van der Waals surface area contributed by atoms with Crippen LogP contribution in [0.25, 0.3) is 0 Å². The predicted octanol–water partition coefficient (Wildman–Crippen LogP) is 3.55. The highest BCUT2D eigenvalue weighted by molar-refractivity contribution is 4.86. The fraction of sp³-hybridized carbons (Fsp3) is 1.00. The monoisotopic (exact) mass is 240 g/mol. The highest BCUT2D eigenvalue weighted by Gasteiger charge is 2.28. The summed E-state index contributed by atoms with van der Waals surface area (Å²) in [6.45, 7) is 8.15. The molecule has 0 aromatic rings. The Labute approximate surface area is 108 Å². The van der Waals surface area contributed by atoms with Gasteiger partial charge >= 0.3 is 0 Å². The zero-order chi connectivity index (χ0) is 12.7. The largest absolute Gasteiger partial charge is 0.326 e. The van der Waals surface area contributed by atoms with Crippen LogP contribution in [0.3, 0.4) is 0 Å². The van der Waals surface area contributed by atoms with E-state index in [2.05, 4.69) is 25.7 Å². The summed E-state index contributed by atoms with van der Waals surface area (Å²) in [5.41, 5.74) is 6.40. The maximum absolute atomic E-state index is 6.40. The molecule has 2 heteroatoms. The summed E-state index contributed by atoms with van der Waals surface area (Å²) in [4.78, 5) is 2.74. The minimum atomic E-state index is 0.372. The van der Waals surface area contributed by atoms with Crippen LogP contribution < -0.4 is 5.73 Å². The third-order valence-corrected chi connectivity index (χ3v) is 4.35. The topological polar surface area (TPSA) is 29.3 Å². The number of nitrogens with zero attached hydrogens (tertiary/aromatic N) is 1. The predicted molar refractivity (Wildman–Crippen MR) is 76.2 cm³/mol. The molecule has 1 saturated heterocycles. The van der Waals surface area contributed by atoms with Crippen LogP contribution in [0.1, 0.15) is 72.1 Å². The first-order chi connectivity index (χ1) is 8.24. The highest BCUT2D eigenvalue weighted by atomic mass is 15.2. The van der Waals surface area contributed by atoms with Gasteiger partial charge in [0, 0.05) is 18.1 Å². The van der Waals surface area contributed by atoms with E-state index >= 15 is 0 Å². The van der Waals surface area contributed by atoms with Gasteiger partial charge in [-0.25, -0.2) is 0 Å². The van der Waals surface area contributed by atoms with E-state index in [0.29, 0.717) is 12.1 Å². The third-order valence-electron chi connectivity index (χ3n) is 4.35. The molecule has 0 bridgehead atoms. The first-order valence-corrected chi connectivity index (χ1v) is 7.75. The molecule has 3 unspecified atom stereocenters. The summed E-state index contributed by atoms with van der Waals surface area (Å²) in [5, 5.41) is 0. The van der Waals surface area contributed by atoms with E-state index in [-0.39, 0.29) is 0 Å². The van der Waals surface area contributed by atoms with Gasteiger partial charge in [0.05, 0.1) is 0 Å². The molecule has 1 fully saturated rings. The molecular weight excluding hydrogens is 208 g/mol. The molecule has 2 nitrogen and oxygen atoms in total. The van der Waals surface area contributed by atoms with E-state index < -0.39 is 0 Å². The molecule has 0 amide bonds. The van der Waals surface area contributed by atoms with E-state index in [0.717, 1.165) is 6.04 Å². The standard InChI is InChI=1S/C15H32N2/c1-4-10-14(16)15(6-3)17-12-9-7-8-11-13(17)5-2/h13-15H,4-12,16H2,1-3H3. The van der Waals surface area contributed by atoms with Crippen molar-refractivity contribution in [1.29, 1.82) is 0 Å². The van der Waals surface area contributed by atoms with Crippen molar-refractivity contribution in [1.82, 2.24) is 4.90 Å². The van der Waals surface area contributed by atoms with Crippen LogP contribution in [0.5, 0.6) is 0 Å². The van der Waals surface area contributed by atoms with E-state index in [9.17, 15) is 0 Å². The Morgan fingerprint density at radius 3 is 2.53 bits per heavy atom. The minimum Gasteiger partial charge on any atom is -0.326 e. The molecular formula is C15H32N2. The zero-order valence-electron chi connectivity index (χ0n) is 12.1. The van der Waals surface area contributed by atoms with Crippen LogP contribution >= 0.6 is 0 Å². The van der Waals surface area contributed by atoms with Crippen molar-refractivity contribution in [2.45, 2.75) is 90.3 Å². The van der Waals surface area contributed by atoms with E-state index in [1.165, 1.54) is 57.9 Å². The molecule has 0 spiro atoms. The van der Waals surface area contributed by atoms with Gasteiger partial charge in [-0.3, -0.25) is 4.90 Å². The summed E-state index contributed by atoms with van der Waals surface area (Å²) < 4.78 is 0. The van der Waals surface area contributed by atoms with Crippen molar-refractivity contribution >= 4 is 0 Å². The lowest BCUT2D eigenvalue weighted by molar-refractivity contribution is 0.107. The molecule has 1 heterocycles. The average molecular weight is 240 g/mol. The molecule has 1 aliphatic rings. The lowest BCUT2D eigenvalue weighted by Crippen LogP contribution is -2.51.